The summed E-state index contributed by atoms with van der Waals surface area (Å²) in [5.74, 6) is 0.755. The summed E-state index contributed by atoms with van der Waals surface area (Å²) >= 11 is 0. The molecule has 1 heterocycles. The first-order valence-corrected chi connectivity index (χ1v) is 6.83. The van der Waals surface area contributed by atoms with Gasteiger partial charge < -0.3 is 15.4 Å². The van der Waals surface area contributed by atoms with Gasteiger partial charge in [-0.3, -0.25) is 4.98 Å². The zero-order chi connectivity index (χ0) is 14.4. The van der Waals surface area contributed by atoms with Crippen molar-refractivity contribution >= 4 is 11.4 Å². The van der Waals surface area contributed by atoms with Crippen LogP contribution in [0.25, 0.3) is 0 Å². The van der Waals surface area contributed by atoms with Crippen molar-refractivity contribution in [2.24, 2.45) is 0 Å². The highest BCUT2D eigenvalue weighted by atomic mass is 16.5. The van der Waals surface area contributed by atoms with Crippen LogP contribution in [0.15, 0.2) is 42.7 Å². The van der Waals surface area contributed by atoms with Gasteiger partial charge in [-0.2, -0.15) is 0 Å². The summed E-state index contributed by atoms with van der Waals surface area (Å²) < 4.78 is 5.67. The monoisotopic (exact) mass is 271 g/mol. The van der Waals surface area contributed by atoms with Crippen LogP contribution >= 0.6 is 0 Å². The zero-order valence-corrected chi connectivity index (χ0v) is 12.0. The Kier molecular flexibility index (Phi) is 4.82. The standard InChI is InChI=1S/C16H21N3O/c1-3-11-20-15-6-4-5-14(16(15)17)19(2)12-13-7-9-18-10-8-13/h4-10H,3,11-12,17H2,1-2H3. The van der Waals surface area contributed by atoms with Crippen LogP contribution in [0.4, 0.5) is 11.4 Å². The summed E-state index contributed by atoms with van der Waals surface area (Å²) in [5.41, 5.74) is 9.07. The summed E-state index contributed by atoms with van der Waals surface area (Å²) in [5, 5.41) is 0. The van der Waals surface area contributed by atoms with Crippen molar-refractivity contribution in [3.63, 3.8) is 0 Å². The van der Waals surface area contributed by atoms with Crippen LogP contribution < -0.4 is 15.4 Å². The molecule has 0 fully saturated rings. The van der Waals surface area contributed by atoms with Crippen molar-refractivity contribution in [1.82, 2.24) is 4.98 Å². The molecular weight excluding hydrogens is 250 g/mol. The molecule has 0 aliphatic heterocycles. The van der Waals surface area contributed by atoms with E-state index in [4.69, 9.17) is 10.5 Å². The average molecular weight is 271 g/mol. The molecule has 1 aromatic heterocycles. The van der Waals surface area contributed by atoms with Crippen LogP contribution in [0.1, 0.15) is 18.9 Å². The maximum atomic E-state index is 6.20. The molecule has 0 radical (unpaired) electrons. The first kappa shape index (κ1) is 14.2. The van der Waals surface area contributed by atoms with Gasteiger partial charge in [0.2, 0.25) is 0 Å². The second-order valence-corrected chi connectivity index (χ2v) is 4.75. The van der Waals surface area contributed by atoms with Gasteiger partial charge in [0.15, 0.2) is 0 Å². The van der Waals surface area contributed by atoms with Gasteiger partial charge in [-0.05, 0) is 36.2 Å². The lowest BCUT2D eigenvalue weighted by molar-refractivity contribution is 0.319. The number of rotatable bonds is 6. The van der Waals surface area contributed by atoms with Gasteiger partial charge in [0, 0.05) is 26.0 Å². The second kappa shape index (κ2) is 6.80. The van der Waals surface area contributed by atoms with Crippen molar-refractivity contribution in [3.8, 4) is 5.75 Å². The second-order valence-electron chi connectivity index (χ2n) is 4.75. The third-order valence-electron chi connectivity index (χ3n) is 3.09. The van der Waals surface area contributed by atoms with E-state index in [0.29, 0.717) is 12.3 Å². The Bertz CT molecular complexity index is 543. The van der Waals surface area contributed by atoms with Crippen LogP contribution in [0.3, 0.4) is 0 Å². The fraction of sp³-hybridized carbons (Fsp3) is 0.312. The lowest BCUT2D eigenvalue weighted by atomic mass is 10.2. The van der Waals surface area contributed by atoms with Crippen LogP contribution in [-0.2, 0) is 6.54 Å². The Morgan fingerprint density at radius 3 is 2.65 bits per heavy atom. The highest BCUT2D eigenvalue weighted by molar-refractivity contribution is 5.73. The van der Waals surface area contributed by atoms with Crippen LogP contribution in [0.5, 0.6) is 5.75 Å². The third kappa shape index (κ3) is 3.41. The summed E-state index contributed by atoms with van der Waals surface area (Å²) in [4.78, 5) is 6.14. The summed E-state index contributed by atoms with van der Waals surface area (Å²) in [6, 6.07) is 9.90. The molecule has 0 spiro atoms. The van der Waals surface area contributed by atoms with Gasteiger partial charge >= 0.3 is 0 Å². The Hall–Kier alpha value is -2.23. The SMILES string of the molecule is CCCOc1cccc(N(C)Cc2ccncc2)c1N. The van der Waals surface area contributed by atoms with E-state index >= 15 is 0 Å². The minimum Gasteiger partial charge on any atom is -0.491 e. The number of hydrogen-bond acceptors (Lipinski definition) is 4. The molecule has 0 bridgehead atoms. The maximum Gasteiger partial charge on any atom is 0.144 e. The Labute approximate surface area is 120 Å². The molecule has 4 heteroatoms. The summed E-state index contributed by atoms with van der Waals surface area (Å²) in [6.45, 7) is 3.54. The topological polar surface area (TPSA) is 51.4 Å². The Balaban J connectivity index is 2.15. The molecule has 0 amide bonds. The Morgan fingerprint density at radius 2 is 1.95 bits per heavy atom. The number of nitrogen functional groups attached to an aromatic ring is 1. The highest BCUT2D eigenvalue weighted by Crippen LogP contribution is 2.32. The molecule has 20 heavy (non-hydrogen) atoms. The number of nitrogens with zero attached hydrogens (tertiary/aromatic N) is 2. The van der Waals surface area contributed by atoms with Crippen molar-refractivity contribution in [2.45, 2.75) is 19.9 Å². The average Bonchev–Trinajstić information content (AvgIpc) is 2.47. The minimum absolute atomic E-state index is 0.682. The van der Waals surface area contributed by atoms with Gasteiger partial charge in [0.25, 0.3) is 0 Å². The predicted octanol–water partition coefficient (Wildman–Crippen LogP) is 3.09. The zero-order valence-electron chi connectivity index (χ0n) is 12.0. The smallest absolute Gasteiger partial charge is 0.144 e. The van der Waals surface area contributed by atoms with E-state index in [1.165, 1.54) is 5.56 Å². The molecule has 2 aromatic rings. The number of para-hydroxylation sites is 1. The summed E-state index contributed by atoms with van der Waals surface area (Å²) in [7, 11) is 2.02. The fourth-order valence-corrected chi connectivity index (χ4v) is 2.05. The van der Waals surface area contributed by atoms with E-state index in [-0.39, 0.29) is 0 Å². The van der Waals surface area contributed by atoms with E-state index in [2.05, 4.69) is 16.8 Å². The molecule has 106 valence electrons. The number of nitrogens with two attached hydrogens (primary N) is 1. The van der Waals surface area contributed by atoms with Gasteiger partial charge in [0.1, 0.15) is 5.75 Å². The molecule has 4 nitrogen and oxygen atoms in total. The molecule has 0 aliphatic rings. The predicted molar refractivity (Wildman–Crippen MR) is 83.0 cm³/mol. The number of anilines is 2. The fourth-order valence-electron chi connectivity index (χ4n) is 2.05. The number of ether oxygens (including phenoxy) is 1. The number of benzene rings is 1. The number of pyridine rings is 1. The Morgan fingerprint density at radius 1 is 1.20 bits per heavy atom. The van der Waals surface area contributed by atoms with E-state index in [0.717, 1.165) is 24.4 Å². The minimum atomic E-state index is 0.682. The van der Waals surface area contributed by atoms with E-state index < -0.39 is 0 Å². The lowest BCUT2D eigenvalue weighted by Crippen LogP contribution is -2.18. The van der Waals surface area contributed by atoms with Gasteiger partial charge in [-0.25, -0.2) is 0 Å². The highest BCUT2D eigenvalue weighted by Gasteiger charge is 2.10. The van der Waals surface area contributed by atoms with Crippen molar-refractivity contribution in [3.05, 3.63) is 48.3 Å². The molecular formula is C16H21N3O. The number of hydrogen-bond donors (Lipinski definition) is 1. The first-order chi connectivity index (χ1) is 9.72. The van der Waals surface area contributed by atoms with E-state index in [1.807, 2.05) is 37.4 Å². The van der Waals surface area contributed by atoms with Gasteiger partial charge in [-0.1, -0.05) is 13.0 Å². The van der Waals surface area contributed by atoms with Crippen LogP contribution in [0, 0.1) is 0 Å². The van der Waals surface area contributed by atoms with Crippen molar-refractivity contribution in [2.75, 3.05) is 24.3 Å². The maximum absolute atomic E-state index is 6.20. The molecule has 2 N–H and O–H groups in total. The molecule has 0 saturated carbocycles. The molecule has 0 unspecified atom stereocenters. The van der Waals surface area contributed by atoms with Crippen molar-refractivity contribution in [1.29, 1.82) is 0 Å². The molecule has 0 atom stereocenters. The quantitative estimate of drug-likeness (QED) is 0.820. The molecule has 0 saturated heterocycles. The third-order valence-corrected chi connectivity index (χ3v) is 3.09. The molecule has 0 aliphatic carbocycles. The van der Waals surface area contributed by atoms with E-state index in [1.54, 1.807) is 12.4 Å². The van der Waals surface area contributed by atoms with Crippen LogP contribution in [0.2, 0.25) is 0 Å². The van der Waals surface area contributed by atoms with Crippen LogP contribution in [-0.4, -0.2) is 18.6 Å². The lowest BCUT2D eigenvalue weighted by Gasteiger charge is -2.22. The van der Waals surface area contributed by atoms with Crippen molar-refractivity contribution < 1.29 is 4.74 Å². The number of aromatic nitrogens is 1. The normalized spacial score (nSPS) is 10.3. The molecule has 2 rings (SSSR count). The first-order valence-electron chi connectivity index (χ1n) is 6.83. The van der Waals surface area contributed by atoms with Gasteiger partial charge in [0.05, 0.1) is 18.0 Å². The molecule has 1 aromatic carbocycles. The van der Waals surface area contributed by atoms with E-state index in [9.17, 15) is 0 Å². The largest absolute Gasteiger partial charge is 0.491 e. The summed E-state index contributed by atoms with van der Waals surface area (Å²) in [6.07, 6.45) is 4.57. The van der Waals surface area contributed by atoms with Gasteiger partial charge in [-0.15, -0.1) is 0 Å².